The second kappa shape index (κ2) is 5.05. The van der Waals surface area contributed by atoms with E-state index in [1.165, 1.54) is 19.2 Å². The number of hydrogen-bond acceptors (Lipinski definition) is 4. The van der Waals surface area contributed by atoms with Crippen LogP contribution in [0.5, 0.6) is 5.88 Å². The smallest absolute Gasteiger partial charge is 0.233 e. The van der Waals surface area contributed by atoms with E-state index in [-0.39, 0.29) is 5.56 Å². The Bertz CT molecular complexity index is 546. The summed E-state index contributed by atoms with van der Waals surface area (Å²) in [7, 11) is 1.45. The van der Waals surface area contributed by atoms with Gasteiger partial charge in [-0.25, -0.2) is 8.78 Å². The predicted octanol–water partition coefficient (Wildman–Crippen LogP) is 1.81. The predicted molar refractivity (Wildman–Crippen MR) is 61.0 cm³/mol. The van der Waals surface area contributed by atoms with Crippen LogP contribution in [0.2, 0.25) is 0 Å². The first-order valence-electron chi connectivity index (χ1n) is 5.20. The molecule has 1 aromatic heterocycles. The number of halogens is 2. The SMILES string of the molecule is COc1ccc(C(N)c2cccc(F)c2F)nn1. The highest BCUT2D eigenvalue weighted by molar-refractivity contribution is 5.29. The van der Waals surface area contributed by atoms with Crippen LogP contribution in [0.25, 0.3) is 0 Å². The van der Waals surface area contributed by atoms with E-state index in [9.17, 15) is 8.78 Å². The summed E-state index contributed by atoms with van der Waals surface area (Å²) in [5.41, 5.74) is 6.20. The maximum absolute atomic E-state index is 13.6. The number of methoxy groups -OCH3 is 1. The van der Waals surface area contributed by atoms with Crippen molar-refractivity contribution in [3.8, 4) is 5.88 Å². The summed E-state index contributed by atoms with van der Waals surface area (Å²) in [6, 6.07) is 6.07. The second-order valence-electron chi connectivity index (χ2n) is 3.62. The lowest BCUT2D eigenvalue weighted by Crippen LogP contribution is -2.16. The summed E-state index contributed by atoms with van der Waals surface area (Å²) in [4.78, 5) is 0. The number of benzene rings is 1. The van der Waals surface area contributed by atoms with Gasteiger partial charge in [-0.05, 0) is 12.1 Å². The van der Waals surface area contributed by atoms with E-state index in [1.54, 1.807) is 12.1 Å². The number of hydrogen-bond donors (Lipinski definition) is 1. The molecule has 94 valence electrons. The van der Waals surface area contributed by atoms with E-state index in [0.717, 1.165) is 6.07 Å². The largest absolute Gasteiger partial charge is 0.480 e. The molecule has 2 N–H and O–H groups in total. The van der Waals surface area contributed by atoms with Gasteiger partial charge in [0.2, 0.25) is 5.88 Å². The first-order chi connectivity index (χ1) is 8.63. The first kappa shape index (κ1) is 12.4. The molecule has 0 aliphatic carbocycles. The van der Waals surface area contributed by atoms with Gasteiger partial charge in [0.1, 0.15) is 0 Å². The zero-order valence-electron chi connectivity index (χ0n) is 9.60. The number of ether oxygens (including phenoxy) is 1. The van der Waals surface area contributed by atoms with Gasteiger partial charge in [-0.15, -0.1) is 10.2 Å². The summed E-state index contributed by atoms with van der Waals surface area (Å²) in [5, 5.41) is 7.53. The molecule has 1 atom stereocenters. The highest BCUT2D eigenvalue weighted by Crippen LogP contribution is 2.22. The van der Waals surface area contributed by atoms with Gasteiger partial charge < -0.3 is 10.5 Å². The third-order valence-corrected chi connectivity index (χ3v) is 2.51. The molecule has 0 saturated carbocycles. The van der Waals surface area contributed by atoms with E-state index < -0.39 is 17.7 Å². The topological polar surface area (TPSA) is 61.0 Å². The van der Waals surface area contributed by atoms with E-state index in [1.807, 2.05) is 0 Å². The second-order valence-corrected chi connectivity index (χ2v) is 3.62. The summed E-state index contributed by atoms with van der Waals surface area (Å²) in [5.74, 6) is -1.59. The van der Waals surface area contributed by atoms with Gasteiger partial charge in [0.05, 0.1) is 18.8 Å². The van der Waals surface area contributed by atoms with Crippen molar-refractivity contribution in [3.05, 3.63) is 53.2 Å². The highest BCUT2D eigenvalue weighted by Gasteiger charge is 2.17. The Kier molecular flexibility index (Phi) is 3.47. The van der Waals surface area contributed by atoms with Crippen LogP contribution in [0, 0.1) is 11.6 Å². The third-order valence-electron chi connectivity index (χ3n) is 2.51. The molecule has 0 amide bonds. The molecule has 0 fully saturated rings. The number of aromatic nitrogens is 2. The molecule has 1 heterocycles. The van der Waals surface area contributed by atoms with E-state index >= 15 is 0 Å². The van der Waals surface area contributed by atoms with Crippen LogP contribution in [0.15, 0.2) is 30.3 Å². The molecular weight excluding hydrogens is 240 g/mol. The van der Waals surface area contributed by atoms with Crippen LogP contribution in [0.1, 0.15) is 17.3 Å². The number of nitrogens with zero attached hydrogens (tertiary/aromatic N) is 2. The van der Waals surface area contributed by atoms with Crippen LogP contribution in [0.3, 0.4) is 0 Å². The van der Waals surface area contributed by atoms with E-state index in [2.05, 4.69) is 10.2 Å². The standard InChI is InChI=1S/C12H11F2N3O/c1-18-10-6-5-9(16-17-10)12(15)7-3-2-4-8(13)11(7)14/h2-6,12H,15H2,1H3. The van der Waals surface area contributed by atoms with Crippen LogP contribution in [-0.2, 0) is 0 Å². The van der Waals surface area contributed by atoms with Gasteiger partial charge in [0.15, 0.2) is 11.6 Å². The molecule has 4 nitrogen and oxygen atoms in total. The van der Waals surface area contributed by atoms with Gasteiger partial charge in [0.25, 0.3) is 0 Å². The van der Waals surface area contributed by atoms with Crippen LogP contribution < -0.4 is 10.5 Å². The van der Waals surface area contributed by atoms with Crippen LogP contribution in [-0.4, -0.2) is 17.3 Å². The number of nitrogens with two attached hydrogens (primary N) is 1. The molecule has 1 aromatic carbocycles. The fraction of sp³-hybridized carbons (Fsp3) is 0.167. The molecule has 2 rings (SSSR count). The minimum Gasteiger partial charge on any atom is -0.480 e. The van der Waals surface area contributed by atoms with Crippen molar-refractivity contribution < 1.29 is 13.5 Å². The molecule has 18 heavy (non-hydrogen) atoms. The molecule has 0 aliphatic heterocycles. The lowest BCUT2D eigenvalue weighted by molar-refractivity contribution is 0.390. The Balaban J connectivity index is 2.35. The molecule has 0 radical (unpaired) electrons. The van der Waals surface area contributed by atoms with Crippen molar-refractivity contribution >= 4 is 0 Å². The monoisotopic (exact) mass is 251 g/mol. The highest BCUT2D eigenvalue weighted by atomic mass is 19.2. The molecular formula is C12H11F2N3O. The van der Waals surface area contributed by atoms with Crippen molar-refractivity contribution in [2.75, 3.05) is 7.11 Å². The zero-order valence-corrected chi connectivity index (χ0v) is 9.60. The Morgan fingerprint density at radius 1 is 1.17 bits per heavy atom. The first-order valence-corrected chi connectivity index (χ1v) is 5.20. The summed E-state index contributed by atoms with van der Waals surface area (Å²) >= 11 is 0. The lowest BCUT2D eigenvalue weighted by atomic mass is 10.0. The van der Waals surface area contributed by atoms with Crippen LogP contribution >= 0.6 is 0 Å². The summed E-state index contributed by atoms with van der Waals surface area (Å²) in [6.07, 6.45) is 0. The van der Waals surface area contributed by atoms with Crippen molar-refractivity contribution in [1.29, 1.82) is 0 Å². The maximum atomic E-state index is 13.6. The molecule has 0 aliphatic rings. The number of rotatable bonds is 3. The Morgan fingerprint density at radius 3 is 2.56 bits per heavy atom. The lowest BCUT2D eigenvalue weighted by Gasteiger charge is -2.12. The Hall–Kier alpha value is -2.08. The van der Waals surface area contributed by atoms with Gasteiger partial charge in [0, 0.05) is 11.6 Å². The van der Waals surface area contributed by atoms with Gasteiger partial charge >= 0.3 is 0 Å². The summed E-state index contributed by atoms with van der Waals surface area (Å²) < 4.78 is 31.5. The average molecular weight is 251 g/mol. The molecule has 0 spiro atoms. The third kappa shape index (κ3) is 2.28. The van der Waals surface area contributed by atoms with Crippen molar-refractivity contribution in [2.24, 2.45) is 5.73 Å². The van der Waals surface area contributed by atoms with Crippen molar-refractivity contribution in [3.63, 3.8) is 0 Å². The van der Waals surface area contributed by atoms with Crippen molar-refractivity contribution in [1.82, 2.24) is 10.2 Å². The average Bonchev–Trinajstić information content (AvgIpc) is 2.41. The maximum Gasteiger partial charge on any atom is 0.233 e. The Morgan fingerprint density at radius 2 is 1.94 bits per heavy atom. The fourth-order valence-corrected chi connectivity index (χ4v) is 1.53. The molecule has 0 saturated heterocycles. The Labute approximate surface area is 102 Å². The van der Waals surface area contributed by atoms with Crippen LogP contribution in [0.4, 0.5) is 8.78 Å². The normalized spacial score (nSPS) is 12.2. The minimum atomic E-state index is -0.970. The van der Waals surface area contributed by atoms with Crippen molar-refractivity contribution in [2.45, 2.75) is 6.04 Å². The van der Waals surface area contributed by atoms with Gasteiger partial charge in [-0.1, -0.05) is 12.1 Å². The summed E-state index contributed by atoms with van der Waals surface area (Å²) in [6.45, 7) is 0. The molecule has 2 aromatic rings. The quantitative estimate of drug-likeness (QED) is 0.903. The molecule has 0 bridgehead atoms. The van der Waals surface area contributed by atoms with E-state index in [0.29, 0.717) is 11.6 Å². The van der Waals surface area contributed by atoms with Gasteiger partial charge in [-0.2, -0.15) is 0 Å². The van der Waals surface area contributed by atoms with Gasteiger partial charge in [-0.3, -0.25) is 0 Å². The zero-order chi connectivity index (χ0) is 13.1. The minimum absolute atomic E-state index is 0.0365. The molecule has 6 heteroatoms. The molecule has 1 unspecified atom stereocenters. The van der Waals surface area contributed by atoms with E-state index in [4.69, 9.17) is 10.5 Å². The fourth-order valence-electron chi connectivity index (χ4n) is 1.53.